The van der Waals surface area contributed by atoms with Crippen molar-refractivity contribution in [2.45, 2.75) is 96.8 Å². The molecule has 0 spiro atoms. The molecule has 0 aromatic carbocycles. The van der Waals surface area contributed by atoms with Crippen molar-refractivity contribution in [1.29, 1.82) is 0 Å². The Hall–Kier alpha value is -0.390. The summed E-state index contributed by atoms with van der Waals surface area (Å²) in [6.07, 6.45) is 23.9. The van der Waals surface area contributed by atoms with Crippen molar-refractivity contribution in [2.24, 2.45) is 0 Å². The van der Waals surface area contributed by atoms with Crippen LogP contribution in [0.4, 0.5) is 0 Å². The molecular formula is C21H42O4S. The molecule has 26 heavy (non-hydrogen) atoms. The molecule has 0 heterocycles. The minimum Gasteiger partial charge on any atom is -0.379 e. The van der Waals surface area contributed by atoms with E-state index in [2.05, 4.69) is 23.3 Å². The van der Waals surface area contributed by atoms with Gasteiger partial charge in [-0.25, -0.2) is 0 Å². The molecule has 0 saturated heterocycles. The van der Waals surface area contributed by atoms with Gasteiger partial charge in [0, 0.05) is 6.61 Å². The smallest absolute Gasteiger partial charge is 0.264 e. The molecule has 0 aliphatic heterocycles. The Labute approximate surface area is 162 Å². The fourth-order valence-electron chi connectivity index (χ4n) is 2.80. The van der Waals surface area contributed by atoms with Crippen LogP contribution in [0.3, 0.4) is 0 Å². The molecule has 0 saturated carbocycles. The highest BCUT2D eigenvalue weighted by Crippen LogP contribution is 2.10. The zero-order valence-electron chi connectivity index (χ0n) is 17.2. The van der Waals surface area contributed by atoms with Gasteiger partial charge in [0.15, 0.2) is 0 Å². The first kappa shape index (κ1) is 25.6. The molecule has 4 nitrogen and oxygen atoms in total. The largest absolute Gasteiger partial charge is 0.379 e. The summed E-state index contributed by atoms with van der Waals surface area (Å²) in [7, 11) is -3.33. The molecule has 0 aliphatic rings. The average Bonchev–Trinajstić information content (AvgIpc) is 2.59. The molecule has 5 heteroatoms. The van der Waals surface area contributed by atoms with Gasteiger partial charge in [-0.2, -0.15) is 8.42 Å². The Morgan fingerprint density at radius 3 is 1.69 bits per heavy atom. The van der Waals surface area contributed by atoms with Crippen LogP contribution in [0.2, 0.25) is 0 Å². The highest BCUT2D eigenvalue weighted by atomic mass is 32.2. The van der Waals surface area contributed by atoms with E-state index in [1.807, 2.05) is 0 Å². The maximum Gasteiger partial charge on any atom is 0.264 e. The van der Waals surface area contributed by atoms with Crippen LogP contribution in [-0.4, -0.2) is 34.5 Å². The first-order valence-corrected chi connectivity index (χ1v) is 12.4. The Morgan fingerprint density at radius 2 is 1.15 bits per heavy atom. The van der Waals surface area contributed by atoms with Crippen LogP contribution < -0.4 is 0 Å². The maximum absolute atomic E-state index is 10.7. The molecule has 0 atom stereocenters. The number of ether oxygens (including phenoxy) is 1. The van der Waals surface area contributed by atoms with Crippen LogP contribution in [0.25, 0.3) is 0 Å². The van der Waals surface area contributed by atoms with Crippen molar-refractivity contribution in [3.05, 3.63) is 12.2 Å². The van der Waals surface area contributed by atoms with Crippen molar-refractivity contribution in [2.75, 3.05) is 26.1 Å². The molecule has 0 aromatic rings. The zero-order chi connectivity index (χ0) is 19.3. The predicted molar refractivity (Wildman–Crippen MR) is 111 cm³/mol. The first-order chi connectivity index (χ1) is 12.6. The summed E-state index contributed by atoms with van der Waals surface area (Å²) in [5.41, 5.74) is 0. The number of rotatable bonds is 20. The topological polar surface area (TPSA) is 52.6 Å². The Morgan fingerprint density at radius 1 is 0.654 bits per heavy atom. The quantitative estimate of drug-likeness (QED) is 0.145. The van der Waals surface area contributed by atoms with E-state index < -0.39 is 10.1 Å². The fraction of sp³-hybridized carbons (Fsp3) is 0.905. The third-order valence-corrected chi connectivity index (χ3v) is 4.92. The van der Waals surface area contributed by atoms with Crippen LogP contribution in [0.1, 0.15) is 96.8 Å². The van der Waals surface area contributed by atoms with Crippen LogP contribution in [0, 0.1) is 0 Å². The third-order valence-electron chi connectivity index (χ3n) is 4.33. The van der Waals surface area contributed by atoms with Crippen LogP contribution >= 0.6 is 0 Å². The molecule has 0 fully saturated rings. The van der Waals surface area contributed by atoms with E-state index in [1.165, 1.54) is 83.5 Å². The molecular weight excluding hydrogens is 348 g/mol. The lowest BCUT2D eigenvalue weighted by Gasteiger charge is -2.04. The van der Waals surface area contributed by atoms with Gasteiger partial charge in [0.2, 0.25) is 0 Å². The van der Waals surface area contributed by atoms with Crippen molar-refractivity contribution in [3.63, 3.8) is 0 Å². The summed E-state index contributed by atoms with van der Waals surface area (Å²) >= 11 is 0. The molecule has 156 valence electrons. The Bertz CT molecular complexity index is 404. The van der Waals surface area contributed by atoms with Crippen molar-refractivity contribution >= 4 is 10.1 Å². The van der Waals surface area contributed by atoms with Gasteiger partial charge in [0.1, 0.15) is 0 Å². The van der Waals surface area contributed by atoms with Crippen LogP contribution in [-0.2, 0) is 19.0 Å². The summed E-state index contributed by atoms with van der Waals surface area (Å²) in [5.74, 6) is 0. The van der Waals surface area contributed by atoms with E-state index in [0.29, 0.717) is 13.2 Å². The van der Waals surface area contributed by atoms with E-state index in [-0.39, 0.29) is 6.61 Å². The lowest BCUT2D eigenvalue weighted by atomic mass is 10.1. The summed E-state index contributed by atoms with van der Waals surface area (Å²) in [4.78, 5) is 0. The van der Waals surface area contributed by atoms with E-state index in [1.54, 1.807) is 0 Å². The van der Waals surface area contributed by atoms with Gasteiger partial charge in [0.05, 0.1) is 19.5 Å². The van der Waals surface area contributed by atoms with Crippen LogP contribution in [0.15, 0.2) is 12.2 Å². The lowest BCUT2D eigenvalue weighted by molar-refractivity contribution is 0.0993. The highest BCUT2D eigenvalue weighted by Gasteiger charge is 2.00. The van der Waals surface area contributed by atoms with Gasteiger partial charge in [-0.05, 0) is 32.1 Å². The molecule has 0 rings (SSSR count). The monoisotopic (exact) mass is 390 g/mol. The van der Waals surface area contributed by atoms with E-state index in [9.17, 15) is 8.42 Å². The van der Waals surface area contributed by atoms with Crippen LogP contribution in [0.5, 0.6) is 0 Å². The van der Waals surface area contributed by atoms with Crippen molar-refractivity contribution in [3.8, 4) is 0 Å². The lowest BCUT2D eigenvalue weighted by Crippen LogP contribution is -2.10. The number of allylic oxidation sites excluding steroid dienone is 2. The summed E-state index contributed by atoms with van der Waals surface area (Å²) in [6.45, 7) is 3.41. The second-order valence-corrected chi connectivity index (χ2v) is 8.72. The van der Waals surface area contributed by atoms with Gasteiger partial charge >= 0.3 is 0 Å². The van der Waals surface area contributed by atoms with Gasteiger partial charge in [-0.3, -0.25) is 4.18 Å². The number of hydrogen-bond acceptors (Lipinski definition) is 4. The standard InChI is InChI=1S/C21H42O4S/c1-3-4-5-6-7-8-9-10-11-12-13-14-15-16-17-18-19-24-20-21-25-26(2,22)23/h10-11H,3-9,12-21H2,1-2H3. The molecule has 0 radical (unpaired) electrons. The van der Waals surface area contributed by atoms with E-state index in [0.717, 1.165) is 12.7 Å². The molecule has 0 N–H and O–H groups in total. The number of hydrogen-bond donors (Lipinski definition) is 0. The molecule has 0 amide bonds. The molecule has 0 bridgehead atoms. The minimum atomic E-state index is -3.33. The average molecular weight is 391 g/mol. The summed E-state index contributed by atoms with van der Waals surface area (Å²) in [5, 5.41) is 0. The van der Waals surface area contributed by atoms with Gasteiger partial charge in [-0.1, -0.05) is 76.9 Å². The van der Waals surface area contributed by atoms with E-state index in [4.69, 9.17) is 4.74 Å². The highest BCUT2D eigenvalue weighted by molar-refractivity contribution is 7.85. The molecule has 0 unspecified atom stereocenters. The molecule has 0 aliphatic carbocycles. The first-order valence-electron chi connectivity index (χ1n) is 10.6. The normalized spacial score (nSPS) is 12.2. The predicted octanol–water partition coefficient (Wildman–Crippen LogP) is 6.02. The minimum absolute atomic E-state index is 0.116. The van der Waals surface area contributed by atoms with Gasteiger partial charge in [0.25, 0.3) is 10.1 Å². The fourth-order valence-corrected chi connectivity index (χ4v) is 3.17. The second-order valence-electron chi connectivity index (χ2n) is 7.08. The van der Waals surface area contributed by atoms with Gasteiger partial charge < -0.3 is 4.74 Å². The van der Waals surface area contributed by atoms with Crippen molar-refractivity contribution < 1.29 is 17.3 Å². The number of unbranched alkanes of at least 4 members (excludes halogenated alkanes) is 12. The van der Waals surface area contributed by atoms with Gasteiger partial charge in [-0.15, -0.1) is 0 Å². The third kappa shape index (κ3) is 23.6. The summed E-state index contributed by atoms with van der Waals surface area (Å²) in [6, 6.07) is 0. The second kappa shape index (κ2) is 19.4. The Kier molecular flexibility index (Phi) is 19.1. The van der Waals surface area contributed by atoms with Crippen molar-refractivity contribution in [1.82, 2.24) is 0 Å². The zero-order valence-corrected chi connectivity index (χ0v) is 18.0. The maximum atomic E-state index is 10.7. The SMILES string of the molecule is CCCCCCCCC=CCCCCCCCCOCCOS(C)(=O)=O. The molecule has 0 aromatic heterocycles. The van der Waals surface area contributed by atoms with E-state index >= 15 is 0 Å². The Balaban J connectivity index is 3.12. The summed E-state index contributed by atoms with van der Waals surface area (Å²) < 4.78 is 31.4.